The molecule has 2 N–H and O–H groups in total. The van der Waals surface area contributed by atoms with Crippen molar-refractivity contribution in [1.82, 2.24) is 29.4 Å². The van der Waals surface area contributed by atoms with Gasteiger partial charge < -0.3 is 10.4 Å². The lowest BCUT2D eigenvalue weighted by atomic mass is 10.3. The van der Waals surface area contributed by atoms with Crippen LogP contribution in [0, 0.1) is 6.92 Å². The van der Waals surface area contributed by atoms with Gasteiger partial charge in [-0.3, -0.25) is 0 Å². The van der Waals surface area contributed by atoms with Crippen molar-refractivity contribution in [3.63, 3.8) is 0 Å². The molecule has 0 radical (unpaired) electrons. The minimum Gasteiger partial charge on any atom is -0.476 e. The maximum absolute atomic E-state index is 11.1. The van der Waals surface area contributed by atoms with E-state index in [1.807, 2.05) is 20.8 Å². The van der Waals surface area contributed by atoms with E-state index in [1.54, 1.807) is 10.9 Å². The summed E-state index contributed by atoms with van der Waals surface area (Å²) < 4.78 is 3.31. The number of nitrogens with zero attached hydrogens (tertiary/aromatic N) is 6. The molecule has 0 bridgehead atoms. The third-order valence-corrected chi connectivity index (χ3v) is 3.48. The third kappa shape index (κ3) is 2.72. The Bertz CT molecular complexity index is 867. The van der Waals surface area contributed by atoms with Gasteiger partial charge >= 0.3 is 5.97 Å². The second-order valence-electron chi connectivity index (χ2n) is 5.20. The molecule has 3 aromatic rings. The van der Waals surface area contributed by atoms with E-state index in [0.29, 0.717) is 17.9 Å². The first kappa shape index (κ1) is 14.9. The third-order valence-electron chi connectivity index (χ3n) is 3.48. The fourth-order valence-corrected chi connectivity index (χ4v) is 2.44. The summed E-state index contributed by atoms with van der Waals surface area (Å²) >= 11 is 0. The number of nitrogens with one attached hydrogen (secondary N) is 1. The van der Waals surface area contributed by atoms with Gasteiger partial charge in [0.25, 0.3) is 0 Å². The largest absolute Gasteiger partial charge is 0.476 e. The first-order chi connectivity index (χ1) is 11.0. The first-order valence-electron chi connectivity index (χ1n) is 7.24. The van der Waals surface area contributed by atoms with Crippen molar-refractivity contribution in [2.75, 3.05) is 5.32 Å². The lowest BCUT2D eigenvalue weighted by molar-refractivity contribution is 0.0690. The van der Waals surface area contributed by atoms with Gasteiger partial charge in [0.15, 0.2) is 11.5 Å². The van der Waals surface area contributed by atoms with Crippen molar-refractivity contribution in [1.29, 1.82) is 0 Å². The Hall–Kier alpha value is -2.97. The molecule has 0 saturated heterocycles. The van der Waals surface area contributed by atoms with E-state index in [2.05, 4.69) is 25.5 Å². The molecule has 0 spiro atoms. The highest BCUT2D eigenvalue weighted by molar-refractivity contribution is 5.88. The summed E-state index contributed by atoms with van der Waals surface area (Å²) in [5.41, 5.74) is 1.30. The standard InChI is InChI=1S/C14H17N7O2/c1-4-20-13(15-7-16-20)9(3)18-12-11-5-10(14(22)23)19-21(11)6-8(2)17-12/h5-7,9H,4H2,1-3H3,(H,17,18)(H,22,23). The predicted octanol–water partition coefficient (Wildman–Crippen LogP) is 1.52. The van der Waals surface area contributed by atoms with Crippen LogP contribution >= 0.6 is 0 Å². The van der Waals surface area contributed by atoms with Crippen molar-refractivity contribution in [3.8, 4) is 0 Å². The van der Waals surface area contributed by atoms with Crippen molar-refractivity contribution in [3.05, 3.63) is 35.8 Å². The van der Waals surface area contributed by atoms with E-state index >= 15 is 0 Å². The summed E-state index contributed by atoms with van der Waals surface area (Å²) in [6.45, 7) is 6.48. The zero-order chi connectivity index (χ0) is 16.6. The number of aromatic nitrogens is 6. The topological polar surface area (TPSA) is 110 Å². The van der Waals surface area contributed by atoms with E-state index in [-0.39, 0.29) is 11.7 Å². The number of carbonyl (C=O) groups is 1. The molecule has 23 heavy (non-hydrogen) atoms. The van der Waals surface area contributed by atoms with E-state index in [4.69, 9.17) is 5.11 Å². The Morgan fingerprint density at radius 1 is 1.48 bits per heavy atom. The molecule has 120 valence electrons. The number of aryl methyl sites for hydroxylation is 2. The van der Waals surface area contributed by atoms with Gasteiger partial charge in [-0.25, -0.2) is 24.0 Å². The highest BCUT2D eigenvalue weighted by atomic mass is 16.4. The Morgan fingerprint density at radius 3 is 2.96 bits per heavy atom. The maximum Gasteiger partial charge on any atom is 0.356 e. The molecule has 0 aliphatic carbocycles. The Morgan fingerprint density at radius 2 is 2.26 bits per heavy atom. The number of fused-ring (bicyclic) bond motifs is 1. The van der Waals surface area contributed by atoms with Crippen LogP contribution < -0.4 is 5.32 Å². The zero-order valence-corrected chi connectivity index (χ0v) is 13.1. The van der Waals surface area contributed by atoms with Gasteiger partial charge in [-0.2, -0.15) is 10.2 Å². The van der Waals surface area contributed by atoms with Gasteiger partial charge in [0, 0.05) is 12.6 Å². The van der Waals surface area contributed by atoms with Crippen LogP contribution in [0.1, 0.15) is 41.9 Å². The molecule has 0 aliphatic heterocycles. The zero-order valence-electron chi connectivity index (χ0n) is 13.1. The molecule has 1 atom stereocenters. The number of hydrogen-bond acceptors (Lipinski definition) is 6. The number of anilines is 1. The van der Waals surface area contributed by atoms with E-state index < -0.39 is 5.97 Å². The molecular formula is C14H17N7O2. The minimum absolute atomic E-state index is 0.0233. The summed E-state index contributed by atoms with van der Waals surface area (Å²) in [6.07, 6.45) is 3.20. The predicted molar refractivity (Wildman–Crippen MR) is 82.4 cm³/mol. The molecule has 0 saturated carbocycles. The number of hydrogen-bond donors (Lipinski definition) is 2. The van der Waals surface area contributed by atoms with Gasteiger partial charge in [-0.15, -0.1) is 0 Å². The number of carboxylic acid groups (broad SMARTS) is 1. The molecular weight excluding hydrogens is 298 g/mol. The Labute approximate surface area is 132 Å². The average Bonchev–Trinajstić information content (AvgIpc) is 3.12. The average molecular weight is 315 g/mol. The van der Waals surface area contributed by atoms with Crippen LogP contribution in [0.5, 0.6) is 0 Å². The van der Waals surface area contributed by atoms with Crippen molar-refractivity contribution in [2.45, 2.75) is 33.4 Å². The van der Waals surface area contributed by atoms with Gasteiger partial charge in [0.2, 0.25) is 0 Å². The van der Waals surface area contributed by atoms with Crippen molar-refractivity contribution >= 4 is 17.3 Å². The van der Waals surface area contributed by atoms with Crippen LogP contribution in [0.3, 0.4) is 0 Å². The lowest BCUT2D eigenvalue weighted by Crippen LogP contribution is -2.15. The quantitative estimate of drug-likeness (QED) is 0.734. The highest BCUT2D eigenvalue weighted by Crippen LogP contribution is 2.22. The molecule has 1 unspecified atom stereocenters. The summed E-state index contributed by atoms with van der Waals surface area (Å²) in [5, 5.41) is 20.6. The molecule has 0 aromatic carbocycles. The van der Waals surface area contributed by atoms with Crippen molar-refractivity contribution in [2.24, 2.45) is 0 Å². The SMILES string of the molecule is CCn1ncnc1C(C)Nc1nc(C)cn2nc(C(=O)O)cc12. The lowest BCUT2D eigenvalue weighted by Gasteiger charge is -2.15. The minimum atomic E-state index is -1.07. The Kier molecular flexibility index (Phi) is 3.68. The van der Waals surface area contributed by atoms with Crippen LogP contribution in [0.2, 0.25) is 0 Å². The summed E-state index contributed by atoms with van der Waals surface area (Å²) in [7, 11) is 0. The second-order valence-corrected chi connectivity index (χ2v) is 5.20. The molecule has 3 aromatic heterocycles. The van der Waals surface area contributed by atoms with E-state index in [1.165, 1.54) is 16.9 Å². The van der Waals surface area contributed by atoms with Gasteiger partial charge in [-0.05, 0) is 20.8 Å². The van der Waals surface area contributed by atoms with Gasteiger partial charge in [0.05, 0.1) is 17.9 Å². The highest BCUT2D eigenvalue weighted by Gasteiger charge is 2.17. The van der Waals surface area contributed by atoms with Crippen LogP contribution in [0.4, 0.5) is 5.82 Å². The number of carboxylic acids is 1. The summed E-state index contributed by atoms with van der Waals surface area (Å²) in [4.78, 5) is 19.8. The number of aromatic carboxylic acids is 1. The Balaban J connectivity index is 2.00. The fraction of sp³-hybridized carbons (Fsp3) is 0.357. The fourth-order valence-electron chi connectivity index (χ4n) is 2.44. The van der Waals surface area contributed by atoms with Crippen molar-refractivity contribution < 1.29 is 9.90 Å². The summed E-state index contributed by atoms with van der Waals surface area (Å²) in [6, 6.07) is 1.35. The molecule has 9 nitrogen and oxygen atoms in total. The molecule has 0 amide bonds. The van der Waals surface area contributed by atoms with Gasteiger partial charge in [-0.1, -0.05) is 0 Å². The van der Waals surface area contributed by atoms with Crippen LogP contribution in [0.15, 0.2) is 18.6 Å². The smallest absolute Gasteiger partial charge is 0.356 e. The molecule has 0 fully saturated rings. The van der Waals surface area contributed by atoms with E-state index in [9.17, 15) is 4.79 Å². The monoisotopic (exact) mass is 315 g/mol. The van der Waals surface area contributed by atoms with Crippen LogP contribution in [-0.4, -0.2) is 40.4 Å². The normalized spacial score (nSPS) is 12.5. The van der Waals surface area contributed by atoms with Crippen LogP contribution in [-0.2, 0) is 6.54 Å². The summed E-state index contributed by atoms with van der Waals surface area (Å²) in [5.74, 6) is 0.270. The first-order valence-corrected chi connectivity index (χ1v) is 7.24. The molecule has 9 heteroatoms. The molecule has 0 aliphatic rings. The number of rotatable bonds is 5. The van der Waals surface area contributed by atoms with Gasteiger partial charge in [0.1, 0.15) is 17.7 Å². The van der Waals surface area contributed by atoms with E-state index in [0.717, 1.165) is 11.5 Å². The second kappa shape index (κ2) is 5.67. The molecule has 3 heterocycles. The maximum atomic E-state index is 11.1. The molecule has 3 rings (SSSR count). The van der Waals surface area contributed by atoms with Crippen LogP contribution in [0.25, 0.3) is 5.52 Å².